The van der Waals surface area contributed by atoms with Gasteiger partial charge in [0.05, 0.1) is 22.4 Å². The van der Waals surface area contributed by atoms with Gasteiger partial charge in [-0.1, -0.05) is 65.7 Å². The first-order valence-electron chi connectivity index (χ1n) is 14.3. The molecule has 1 aliphatic heterocycles. The molecule has 0 fully saturated rings. The van der Waals surface area contributed by atoms with Gasteiger partial charge in [0.2, 0.25) is 10.0 Å². The lowest BCUT2D eigenvalue weighted by atomic mass is 9.87. The van der Waals surface area contributed by atoms with Crippen LogP contribution in [0.1, 0.15) is 46.7 Å². The summed E-state index contributed by atoms with van der Waals surface area (Å²) in [4.78, 5) is 0.407. The van der Waals surface area contributed by atoms with Crippen molar-refractivity contribution in [3.8, 4) is 5.75 Å². The van der Waals surface area contributed by atoms with Gasteiger partial charge in [-0.3, -0.25) is 0 Å². The quantitative estimate of drug-likeness (QED) is 0.215. The fourth-order valence-electron chi connectivity index (χ4n) is 5.98. The summed E-state index contributed by atoms with van der Waals surface area (Å²) in [6, 6.07) is 28.8. The Bertz CT molecular complexity index is 2000. The largest absolute Gasteiger partial charge is 0.497 e. The first kappa shape index (κ1) is 29.2. The minimum absolute atomic E-state index is 0.0507. The number of benzene rings is 4. The first-order chi connectivity index (χ1) is 20.6. The van der Waals surface area contributed by atoms with Gasteiger partial charge >= 0.3 is 0 Å². The maximum absolute atomic E-state index is 14.5. The molecule has 0 saturated heterocycles. The van der Waals surface area contributed by atoms with E-state index in [1.807, 2.05) is 56.3 Å². The molecule has 6 rings (SSSR count). The van der Waals surface area contributed by atoms with Gasteiger partial charge in [0, 0.05) is 30.1 Å². The van der Waals surface area contributed by atoms with Crippen molar-refractivity contribution in [3.63, 3.8) is 0 Å². The molecule has 2 heterocycles. The lowest BCUT2D eigenvalue weighted by molar-refractivity contribution is 0.379. The number of methoxy groups -OCH3 is 1. The van der Waals surface area contributed by atoms with Crippen LogP contribution in [0.5, 0.6) is 5.75 Å². The third-order valence-electron chi connectivity index (χ3n) is 8.28. The number of hydrogen-bond donors (Lipinski definition) is 0. The second kappa shape index (κ2) is 11.3. The number of para-hydroxylation sites is 1. The number of nitrogens with zero attached hydrogens (tertiary/aromatic N) is 2. The topological polar surface area (TPSA) is 85.7 Å². The highest BCUT2D eigenvalue weighted by atomic mass is 32.2. The number of aromatic nitrogens is 1. The van der Waals surface area contributed by atoms with Crippen LogP contribution in [-0.2, 0) is 26.6 Å². The Kier molecular flexibility index (Phi) is 7.66. The molecule has 4 aromatic carbocycles. The highest BCUT2D eigenvalue weighted by Crippen LogP contribution is 2.42. The standard InChI is InChI=1S/C34H34N2O5S2/c1-24-10-18-28(19-11-24)42(37,38)35-22-6-8-30(26-14-16-27(41-3)17-15-26)34-32(23-35)31-7-4-5-9-33(31)36(34)43(39,40)29-20-12-25(2)13-21-29/h4-5,7,9-21,30H,6,8,22-23H2,1-3H3. The number of aryl methyl sites for hydroxylation is 2. The summed E-state index contributed by atoms with van der Waals surface area (Å²) in [7, 11) is -6.28. The zero-order valence-corrected chi connectivity index (χ0v) is 26.0. The van der Waals surface area contributed by atoms with Crippen LogP contribution < -0.4 is 4.74 Å². The molecule has 0 saturated carbocycles. The monoisotopic (exact) mass is 614 g/mol. The van der Waals surface area contributed by atoms with E-state index in [2.05, 4.69) is 0 Å². The predicted octanol–water partition coefficient (Wildman–Crippen LogP) is 6.62. The first-order valence-corrected chi connectivity index (χ1v) is 17.1. The average molecular weight is 615 g/mol. The van der Waals surface area contributed by atoms with Crippen molar-refractivity contribution in [2.45, 2.75) is 48.9 Å². The van der Waals surface area contributed by atoms with Crippen molar-refractivity contribution in [3.05, 3.63) is 125 Å². The van der Waals surface area contributed by atoms with Crippen LogP contribution in [0.3, 0.4) is 0 Å². The summed E-state index contributed by atoms with van der Waals surface area (Å²) in [5.41, 5.74) is 4.69. The van der Waals surface area contributed by atoms with Crippen LogP contribution in [0.4, 0.5) is 0 Å². The van der Waals surface area contributed by atoms with Gasteiger partial charge in [-0.2, -0.15) is 4.31 Å². The Morgan fingerprint density at radius 1 is 0.721 bits per heavy atom. The molecular weight excluding hydrogens is 581 g/mol. The Morgan fingerprint density at radius 3 is 1.91 bits per heavy atom. The fourth-order valence-corrected chi connectivity index (χ4v) is 9.03. The lowest BCUT2D eigenvalue weighted by Crippen LogP contribution is -2.34. The van der Waals surface area contributed by atoms with Crippen molar-refractivity contribution in [1.29, 1.82) is 0 Å². The van der Waals surface area contributed by atoms with Crippen LogP contribution in [-0.4, -0.2) is 38.8 Å². The van der Waals surface area contributed by atoms with E-state index in [0.717, 1.165) is 22.1 Å². The number of fused-ring (bicyclic) bond motifs is 3. The molecular formula is C34H34N2O5S2. The van der Waals surface area contributed by atoms with E-state index in [4.69, 9.17) is 4.74 Å². The van der Waals surface area contributed by atoms with Crippen molar-refractivity contribution in [2.75, 3.05) is 13.7 Å². The minimum atomic E-state index is -4.05. The van der Waals surface area contributed by atoms with E-state index in [0.29, 0.717) is 41.9 Å². The molecule has 1 aliphatic rings. The Labute approximate surface area is 253 Å². The minimum Gasteiger partial charge on any atom is -0.497 e. The molecule has 1 unspecified atom stereocenters. The summed E-state index contributed by atoms with van der Waals surface area (Å²) in [6.45, 7) is 4.20. The molecule has 7 nitrogen and oxygen atoms in total. The molecule has 0 N–H and O–H groups in total. The Balaban J connectivity index is 1.61. The van der Waals surface area contributed by atoms with Gasteiger partial charge < -0.3 is 4.74 Å². The third kappa shape index (κ3) is 5.26. The lowest BCUT2D eigenvalue weighted by Gasteiger charge is -2.29. The molecule has 5 aromatic rings. The highest BCUT2D eigenvalue weighted by Gasteiger charge is 2.36. The van der Waals surface area contributed by atoms with Crippen molar-refractivity contribution in [1.82, 2.24) is 8.28 Å². The van der Waals surface area contributed by atoms with E-state index < -0.39 is 20.0 Å². The molecule has 0 radical (unpaired) electrons. The van der Waals surface area contributed by atoms with Crippen LogP contribution in [0.2, 0.25) is 0 Å². The van der Waals surface area contributed by atoms with E-state index in [1.54, 1.807) is 61.7 Å². The third-order valence-corrected chi connectivity index (χ3v) is 11.9. The number of rotatable bonds is 6. The Hall–Kier alpha value is -3.92. The number of ether oxygens (including phenoxy) is 1. The summed E-state index contributed by atoms with van der Waals surface area (Å²) >= 11 is 0. The molecule has 0 amide bonds. The molecule has 9 heteroatoms. The fraction of sp³-hybridized carbons (Fsp3) is 0.235. The Morgan fingerprint density at radius 2 is 1.30 bits per heavy atom. The van der Waals surface area contributed by atoms with E-state index in [-0.39, 0.29) is 22.3 Å². The molecule has 0 aliphatic carbocycles. The van der Waals surface area contributed by atoms with Gasteiger partial charge in [0.25, 0.3) is 10.0 Å². The number of hydrogen-bond acceptors (Lipinski definition) is 5. The van der Waals surface area contributed by atoms with Crippen LogP contribution >= 0.6 is 0 Å². The summed E-state index contributed by atoms with van der Waals surface area (Å²) < 4.78 is 65.3. The van der Waals surface area contributed by atoms with Gasteiger partial charge in [-0.15, -0.1) is 0 Å². The molecule has 43 heavy (non-hydrogen) atoms. The molecule has 0 bridgehead atoms. The molecule has 222 valence electrons. The van der Waals surface area contributed by atoms with Crippen LogP contribution in [0.25, 0.3) is 10.9 Å². The molecule has 0 spiro atoms. The van der Waals surface area contributed by atoms with E-state index >= 15 is 0 Å². The predicted molar refractivity (Wildman–Crippen MR) is 169 cm³/mol. The maximum atomic E-state index is 14.5. The summed E-state index contributed by atoms with van der Waals surface area (Å²) in [6.07, 6.45) is 1.10. The zero-order chi connectivity index (χ0) is 30.4. The average Bonchev–Trinajstić information content (AvgIpc) is 3.31. The van der Waals surface area contributed by atoms with Crippen LogP contribution in [0, 0.1) is 13.8 Å². The van der Waals surface area contributed by atoms with Gasteiger partial charge in [-0.05, 0) is 80.3 Å². The smallest absolute Gasteiger partial charge is 0.268 e. The SMILES string of the molecule is COc1ccc(C2CCCN(S(=O)(=O)c3ccc(C)cc3)Cc3c2n(S(=O)(=O)c2ccc(C)cc2)c2ccccc32)cc1. The highest BCUT2D eigenvalue weighted by molar-refractivity contribution is 7.90. The van der Waals surface area contributed by atoms with E-state index in [9.17, 15) is 16.8 Å². The summed E-state index contributed by atoms with van der Waals surface area (Å²) in [5.74, 6) is 0.413. The van der Waals surface area contributed by atoms with E-state index in [1.165, 1.54) is 8.28 Å². The summed E-state index contributed by atoms with van der Waals surface area (Å²) in [5, 5.41) is 0.720. The van der Waals surface area contributed by atoms with Crippen LogP contribution in [0.15, 0.2) is 107 Å². The normalized spacial score (nSPS) is 16.4. The number of sulfonamides is 1. The van der Waals surface area contributed by atoms with Gasteiger partial charge in [0.15, 0.2) is 0 Å². The van der Waals surface area contributed by atoms with Crippen molar-refractivity contribution in [2.24, 2.45) is 0 Å². The zero-order valence-electron chi connectivity index (χ0n) is 24.4. The maximum Gasteiger partial charge on any atom is 0.268 e. The van der Waals surface area contributed by atoms with Gasteiger partial charge in [-0.25, -0.2) is 20.8 Å². The molecule has 1 aromatic heterocycles. The molecule has 1 atom stereocenters. The second-order valence-corrected chi connectivity index (χ2v) is 14.8. The van der Waals surface area contributed by atoms with Crippen molar-refractivity contribution >= 4 is 30.9 Å². The van der Waals surface area contributed by atoms with Gasteiger partial charge in [0.1, 0.15) is 5.75 Å². The van der Waals surface area contributed by atoms with Crippen molar-refractivity contribution < 1.29 is 21.6 Å². The second-order valence-electron chi connectivity index (χ2n) is 11.1.